The third-order valence-electron chi connectivity index (χ3n) is 4.52. The van der Waals surface area contributed by atoms with Gasteiger partial charge in [-0.15, -0.1) is 0 Å². The van der Waals surface area contributed by atoms with Crippen LogP contribution < -0.4 is 0 Å². The summed E-state index contributed by atoms with van der Waals surface area (Å²) < 4.78 is 0. The predicted molar refractivity (Wildman–Crippen MR) is 83.5 cm³/mol. The van der Waals surface area contributed by atoms with E-state index in [1.807, 2.05) is 18.2 Å². The zero-order valence-electron chi connectivity index (χ0n) is 12.3. The molecule has 0 aromatic heterocycles. The zero-order valence-corrected chi connectivity index (χ0v) is 12.3. The molecule has 1 aliphatic rings. The van der Waals surface area contributed by atoms with Crippen LogP contribution in [-0.4, -0.2) is 11.1 Å². The second kappa shape index (κ2) is 5.72. The Balaban J connectivity index is 1.97. The van der Waals surface area contributed by atoms with Crippen molar-refractivity contribution in [3.63, 3.8) is 0 Å². The van der Waals surface area contributed by atoms with Crippen molar-refractivity contribution in [2.75, 3.05) is 0 Å². The molecule has 0 spiro atoms. The van der Waals surface area contributed by atoms with E-state index >= 15 is 0 Å². The third-order valence-corrected chi connectivity index (χ3v) is 4.52. The van der Waals surface area contributed by atoms with Gasteiger partial charge in [0.25, 0.3) is 0 Å². The van der Waals surface area contributed by atoms with Crippen molar-refractivity contribution in [2.45, 2.75) is 32.1 Å². The van der Waals surface area contributed by atoms with Crippen molar-refractivity contribution in [1.82, 2.24) is 0 Å². The van der Waals surface area contributed by atoms with Crippen LogP contribution in [-0.2, 0) is 17.6 Å². The Morgan fingerprint density at radius 3 is 2.57 bits per heavy atom. The van der Waals surface area contributed by atoms with Crippen LogP contribution in [0.5, 0.6) is 0 Å². The molecule has 0 heterocycles. The van der Waals surface area contributed by atoms with Crippen molar-refractivity contribution in [2.24, 2.45) is 5.92 Å². The number of aryl methyl sites for hydroxylation is 1. The van der Waals surface area contributed by atoms with E-state index in [1.165, 1.54) is 22.3 Å². The molecule has 2 aromatic carbocycles. The Morgan fingerprint density at radius 2 is 1.86 bits per heavy atom. The Labute approximate surface area is 125 Å². The van der Waals surface area contributed by atoms with Crippen molar-refractivity contribution in [3.8, 4) is 0 Å². The van der Waals surface area contributed by atoms with Crippen LogP contribution in [0.25, 0.3) is 0 Å². The Hall–Kier alpha value is -2.09. The summed E-state index contributed by atoms with van der Waals surface area (Å²) in [6.45, 7) is 2.09. The Bertz CT molecular complexity index is 646. The maximum atomic E-state index is 11.2. The van der Waals surface area contributed by atoms with Crippen LogP contribution in [0.4, 0.5) is 0 Å². The number of hydrogen-bond acceptors (Lipinski definition) is 1. The Kier molecular flexibility index (Phi) is 3.78. The molecule has 2 aromatic rings. The quantitative estimate of drug-likeness (QED) is 0.923. The molecule has 0 fully saturated rings. The number of rotatable bonds is 3. The van der Waals surface area contributed by atoms with E-state index in [0.717, 1.165) is 12.8 Å². The molecule has 2 atom stereocenters. The molecule has 2 unspecified atom stereocenters. The lowest BCUT2D eigenvalue weighted by Crippen LogP contribution is -2.26. The highest BCUT2D eigenvalue weighted by Gasteiger charge is 2.31. The average Bonchev–Trinajstić information content (AvgIpc) is 2.47. The smallest absolute Gasteiger partial charge is 0.303 e. The van der Waals surface area contributed by atoms with Gasteiger partial charge < -0.3 is 5.11 Å². The SMILES string of the molecule is Cc1ccc2c(c1)CC(CC(=O)O)C(c1ccccc1)C2. The molecule has 1 N–H and O–H groups in total. The minimum atomic E-state index is -0.697. The van der Waals surface area contributed by atoms with Gasteiger partial charge >= 0.3 is 5.97 Å². The molecule has 2 nitrogen and oxygen atoms in total. The van der Waals surface area contributed by atoms with Gasteiger partial charge in [-0.1, -0.05) is 54.1 Å². The molecule has 108 valence electrons. The third kappa shape index (κ3) is 2.99. The fraction of sp³-hybridized carbons (Fsp3) is 0.316. The highest BCUT2D eigenvalue weighted by atomic mass is 16.4. The monoisotopic (exact) mass is 280 g/mol. The summed E-state index contributed by atoms with van der Waals surface area (Å²) in [7, 11) is 0. The molecule has 3 rings (SSSR count). The van der Waals surface area contributed by atoms with Crippen LogP contribution in [0.15, 0.2) is 48.5 Å². The molecule has 0 aliphatic heterocycles. The van der Waals surface area contributed by atoms with E-state index in [-0.39, 0.29) is 12.3 Å². The maximum Gasteiger partial charge on any atom is 0.303 e. The van der Waals surface area contributed by atoms with Crippen LogP contribution in [0.3, 0.4) is 0 Å². The summed E-state index contributed by atoms with van der Waals surface area (Å²) in [4.78, 5) is 11.2. The highest BCUT2D eigenvalue weighted by Crippen LogP contribution is 2.39. The molecular weight excluding hydrogens is 260 g/mol. The van der Waals surface area contributed by atoms with Gasteiger partial charge in [-0.25, -0.2) is 0 Å². The van der Waals surface area contributed by atoms with E-state index < -0.39 is 5.97 Å². The lowest BCUT2D eigenvalue weighted by molar-refractivity contribution is -0.138. The average molecular weight is 280 g/mol. The maximum absolute atomic E-state index is 11.2. The van der Waals surface area contributed by atoms with Crippen molar-refractivity contribution < 1.29 is 9.90 Å². The number of hydrogen-bond donors (Lipinski definition) is 1. The van der Waals surface area contributed by atoms with Gasteiger partial charge in [0.05, 0.1) is 0 Å². The molecule has 0 saturated carbocycles. The molecule has 0 amide bonds. The van der Waals surface area contributed by atoms with Gasteiger partial charge in [0.15, 0.2) is 0 Å². The van der Waals surface area contributed by atoms with E-state index in [2.05, 4.69) is 37.3 Å². The van der Waals surface area contributed by atoms with E-state index in [9.17, 15) is 9.90 Å². The van der Waals surface area contributed by atoms with Gasteiger partial charge in [0.1, 0.15) is 0 Å². The lowest BCUT2D eigenvalue weighted by Gasteiger charge is -2.33. The van der Waals surface area contributed by atoms with Crippen molar-refractivity contribution in [3.05, 3.63) is 70.8 Å². The fourth-order valence-corrected chi connectivity index (χ4v) is 3.50. The molecule has 0 saturated heterocycles. The highest BCUT2D eigenvalue weighted by molar-refractivity contribution is 5.67. The minimum absolute atomic E-state index is 0.180. The number of fused-ring (bicyclic) bond motifs is 1. The number of aliphatic carboxylic acids is 1. The number of carbonyl (C=O) groups is 1. The summed E-state index contributed by atoms with van der Waals surface area (Å²) in [5.41, 5.74) is 5.21. The summed E-state index contributed by atoms with van der Waals surface area (Å²) in [6, 6.07) is 16.9. The molecule has 0 bridgehead atoms. The topological polar surface area (TPSA) is 37.3 Å². The Morgan fingerprint density at radius 1 is 1.10 bits per heavy atom. The molecule has 21 heavy (non-hydrogen) atoms. The van der Waals surface area contributed by atoms with Gasteiger partial charge in [0.2, 0.25) is 0 Å². The first-order valence-corrected chi connectivity index (χ1v) is 7.48. The number of carboxylic acids is 1. The second-order valence-electron chi connectivity index (χ2n) is 6.06. The number of benzene rings is 2. The van der Waals surface area contributed by atoms with Crippen LogP contribution in [0.1, 0.15) is 34.6 Å². The van der Waals surface area contributed by atoms with Crippen molar-refractivity contribution in [1.29, 1.82) is 0 Å². The molecular formula is C19H20O2. The second-order valence-corrected chi connectivity index (χ2v) is 6.06. The van der Waals surface area contributed by atoms with Crippen LogP contribution in [0.2, 0.25) is 0 Å². The van der Waals surface area contributed by atoms with E-state index in [1.54, 1.807) is 0 Å². The predicted octanol–water partition coefficient (Wildman–Crippen LogP) is 3.97. The summed E-state index contributed by atoms with van der Waals surface area (Å²) in [6.07, 6.45) is 2.05. The standard InChI is InChI=1S/C19H20O2/c1-13-7-8-15-11-18(14-5-3-2-4-6-14)17(12-19(20)21)10-16(15)9-13/h2-9,17-18H,10-12H2,1H3,(H,20,21). The fourth-order valence-electron chi connectivity index (χ4n) is 3.50. The normalized spacial score (nSPS) is 20.8. The van der Waals surface area contributed by atoms with Gasteiger partial charge in [-0.2, -0.15) is 0 Å². The molecule has 2 heteroatoms. The lowest BCUT2D eigenvalue weighted by atomic mass is 9.71. The van der Waals surface area contributed by atoms with E-state index in [0.29, 0.717) is 5.92 Å². The first-order valence-electron chi connectivity index (χ1n) is 7.48. The zero-order chi connectivity index (χ0) is 14.8. The largest absolute Gasteiger partial charge is 0.481 e. The minimum Gasteiger partial charge on any atom is -0.481 e. The van der Waals surface area contributed by atoms with Gasteiger partial charge in [-0.3, -0.25) is 4.79 Å². The summed E-state index contributed by atoms with van der Waals surface area (Å²) in [5.74, 6) is -0.214. The van der Waals surface area contributed by atoms with Gasteiger partial charge in [0, 0.05) is 6.42 Å². The van der Waals surface area contributed by atoms with Gasteiger partial charge in [-0.05, 0) is 48.3 Å². The van der Waals surface area contributed by atoms with Crippen LogP contribution >= 0.6 is 0 Å². The summed E-state index contributed by atoms with van der Waals surface area (Å²) >= 11 is 0. The first-order chi connectivity index (χ1) is 10.1. The summed E-state index contributed by atoms with van der Waals surface area (Å²) in [5, 5.41) is 9.23. The first kappa shape index (κ1) is 13.9. The molecule has 1 aliphatic carbocycles. The van der Waals surface area contributed by atoms with Crippen molar-refractivity contribution >= 4 is 5.97 Å². The van der Waals surface area contributed by atoms with E-state index in [4.69, 9.17) is 0 Å². The van der Waals surface area contributed by atoms with Crippen LogP contribution in [0, 0.1) is 12.8 Å². The molecule has 0 radical (unpaired) electrons. The number of carboxylic acid groups (broad SMARTS) is 1.